The normalized spacial score (nSPS) is 11.0. The fourth-order valence-corrected chi connectivity index (χ4v) is 1.98. The van der Waals surface area contributed by atoms with Crippen LogP contribution in [-0.2, 0) is 0 Å². The van der Waals surface area contributed by atoms with Gasteiger partial charge in [0.05, 0.1) is 0 Å². The van der Waals surface area contributed by atoms with Crippen LogP contribution in [0, 0.1) is 13.8 Å². The molecule has 3 rings (SSSR count). The lowest BCUT2D eigenvalue weighted by atomic mass is 10.2. The van der Waals surface area contributed by atoms with Crippen molar-refractivity contribution < 1.29 is 0 Å². The summed E-state index contributed by atoms with van der Waals surface area (Å²) in [5, 5.41) is 13.4. The van der Waals surface area contributed by atoms with Crippen LogP contribution >= 0.6 is 0 Å². The molecule has 7 heteroatoms. The maximum Gasteiger partial charge on any atom is 0.269 e. The highest BCUT2D eigenvalue weighted by molar-refractivity contribution is 5.55. The van der Waals surface area contributed by atoms with Gasteiger partial charge < -0.3 is 0 Å². The predicted octanol–water partition coefficient (Wildman–Crippen LogP) is 0.491. The van der Waals surface area contributed by atoms with E-state index in [0.717, 1.165) is 11.3 Å². The van der Waals surface area contributed by atoms with E-state index in [2.05, 4.69) is 25.6 Å². The molecule has 0 radical (unpaired) electrons. The lowest BCUT2D eigenvalue weighted by molar-refractivity contribution is 0.881. The Labute approximate surface area is 102 Å². The minimum atomic E-state index is -0.195. The van der Waals surface area contributed by atoms with Crippen molar-refractivity contribution in [3.8, 4) is 11.4 Å². The van der Waals surface area contributed by atoms with Crippen molar-refractivity contribution in [2.45, 2.75) is 13.8 Å². The standard InChI is InChI=1S/C11H10N6O/c1-6-3-7(2)17-9(4-6)12-5-8(11(17)18)10-13-15-16-14-10/h3-5H,1-2H3,(H,13,14,15,16). The molecule has 0 spiro atoms. The molecule has 0 unspecified atom stereocenters. The predicted molar refractivity (Wildman–Crippen MR) is 64.1 cm³/mol. The second kappa shape index (κ2) is 3.73. The van der Waals surface area contributed by atoms with E-state index in [1.807, 2.05) is 26.0 Å². The number of rotatable bonds is 1. The molecule has 18 heavy (non-hydrogen) atoms. The first-order valence-corrected chi connectivity index (χ1v) is 5.39. The molecule has 3 heterocycles. The van der Waals surface area contributed by atoms with E-state index in [1.54, 1.807) is 4.40 Å². The lowest BCUT2D eigenvalue weighted by Crippen LogP contribution is -2.19. The van der Waals surface area contributed by atoms with E-state index in [-0.39, 0.29) is 11.4 Å². The Morgan fingerprint density at radius 1 is 1.28 bits per heavy atom. The summed E-state index contributed by atoms with van der Waals surface area (Å²) in [4.78, 5) is 16.6. The van der Waals surface area contributed by atoms with Crippen molar-refractivity contribution in [2.24, 2.45) is 0 Å². The third kappa shape index (κ3) is 1.48. The van der Waals surface area contributed by atoms with Crippen LogP contribution in [-0.4, -0.2) is 30.0 Å². The molecule has 0 saturated carbocycles. The van der Waals surface area contributed by atoms with E-state index in [4.69, 9.17) is 0 Å². The highest BCUT2D eigenvalue weighted by Gasteiger charge is 2.12. The molecule has 1 N–H and O–H groups in total. The Bertz CT molecular complexity index is 774. The van der Waals surface area contributed by atoms with Crippen molar-refractivity contribution in [2.75, 3.05) is 0 Å². The van der Waals surface area contributed by atoms with Crippen LogP contribution in [0.25, 0.3) is 17.0 Å². The molecule has 0 bridgehead atoms. The largest absolute Gasteiger partial charge is 0.269 e. The molecule has 0 aliphatic heterocycles. The fraction of sp³-hybridized carbons (Fsp3) is 0.182. The van der Waals surface area contributed by atoms with Gasteiger partial charge in [-0.25, -0.2) is 4.98 Å². The molecule has 0 atom stereocenters. The van der Waals surface area contributed by atoms with Gasteiger partial charge >= 0.3 is 0 Å². The van der Waals surface area contributed by atoms with E-state index < -0.39 is 0 Å². The van der Waals surface area contributed by atoms with E-state index >= 15 is 0 Å². The topological polar surface area (TPSA) is 88.8 Å². The zero-order valence-electron chi connectivity index (χ0n) is 9.88. The number of tetrazole rings is 1. The van der Waals surface area contributed by atoms with Gasteiger partial charge in [-0.2, -0.15) is 5.21 Å². The molecule has 0 fully saturated rings. The molecular formula is C11H10N6O. The lowest BCUT2D eigenvalue weighted by Gasteiger charge is -2.06. The number of fused-ring (bicyclic) bond motifs is 1. The van der Waals surface area contributed by atoms with Crippen LogP contribution in [0.2, 0.25) is 0 Å². The first-order valence-electron chi connectivity index (χ1n) is 5.39. The third-order valence-corrected chi connectivity index (χ3v) is 2.72. The number of pyridine rings is 1. The van der Waals surface area contributed by atoms with Crippen LogP contribution in [0.4, 0.5) is 0 Å². The Kier molecular flexibility index (Phi) is 2.19. The summed E-state index contributed by atoms with van der Waals surface area (Å²) in [6, 6.07) is 3.78. The maximum atomic E-state index is 12.4. The minimum absolute atomic E-state index is 0.195. The number of aryl methyl sites for hydroxylation is 2. The number of hydrogen-bond acceptors (Lipinski definition) is 5. The maximum absolute atomic E-state index is 12.4. The fourth-order valence-electron chi connectivity index (χ4n) is 1.98. The van der Waals surface area contributed by atoms with E-state index in [1.165, 1.54) is 6.20 Å². The highest BCUT2D eigenvalue weighted by Crippen LogP contribution is 2.10. The summed E-state index contributed by atoms with van der Waals surface area (Å²) in [6.45, 7) is 3.83. The highest BCUT2D eigenvalue weighted by atomic mass is 16.1. The first kappa shape index (κ1) is 10.6. The van der Waals surface area contributed by atoms with Crippen molar-refractivity contribution >= 4 is 5.65 Å². The Morgan fingerprint density at radius 2 is 2.11 bits per heavy atom. The molecule has 3 aromatic rings. The van der Waals surface area contributed by atoms with Gasteiger partial charge in [0.15, 0.2) is 0 Å². The van der Waals surface area contributed by atoms with Gasteiger partial charge in [-0.3, -0.25) is 9.20 Å². The Morgan fingerprint density at radius 3 is 2.83 bits per heavy atom. The summed E-state index contributed by atoms with van der Waals surface area (Å²) >= 11 is 0. The van der Waals surface area contributed by atoms with Crippen molar-refractivity contribution in [3.63, 3.8) is 0 Å². The van der Waals surface area contributed by atoms with Gasteiger partial charge in [0.1, 0.15) is 11.2 Å². The first-order chi connectivity index (χ1) is 8.66. The third-order valence-electron chi connectivity index (χ3n) is 2.72. The van der Waals surface area contributed by atoms with Crippen LogP contribution in [0.3, 0.4) is 0 Å². The SMILES string of the molecule is Cc1cc(C)n2c(=O)c(-c3nn[nH]n3)cnc2c1. The van der Waals surface area contributed by atoms with E-state index in [0.29, 0.717) is 11.2 Å². The van der Waals surface area contributed by atoms with Crippen molar-refractivity contribution in [3.05, 3.63) is 39.9 Å². The number of nitrogens with zero attached hydrogens (tertiary/aromatic N) is 5. The van der Waals surface area contributed by atoms with Gasteiger partial charge in [-0.1, -0.05) is 0 Å². The summed E-state index contributed by atoms with van der Waals surface area (Å²) < 4.78 is 1.54. The molecule has 0 aliphatic rings. The summed E-state index contributed by atoms with van der Waals surface area (Å²) in [7, 11) is 0. The van der Waals surface area contributed by atoms with E-state index in [9.17, 15) is 4.79 Å². The molecule has 7 nitrogen and oxygen atoms in total. The molecular weight excluding hydrogens is 232 g/mol. The molecule has 3 aromatic heterocycles. The van der Waals surface area contributed by atoms with Crippen LogP contribution in [0.15, 0.2) is 23.1 Å². The smallest absolute Gasteiger partial charge is 0.268 e. The zero-order valence-corrected chi connectivity index (χ0v) is 9.88. The Balaban J connectivity index is 2.40. The minimum Gasteiger partial charge on any atom is -0.268 e. The molecule has 90 valence electrons. The van der Waals surface area contributed by atoms with Crippen LogP contribution in [0.1, 0.15) is 11.3 Å². The van der Waals surface area contributed by atoms with Crippen LogP contribution < -0.4 is 5.56 Å². The number of nitrogens with one attached hydrogen (secondary N) is 1. The molecule has 0 aliphatic carbocycles. The van der Waals surface area contributed by atoms with Gasteiger partial charge in [-0.15, -0.1) is 10.2 Å². The average molecular weight is 242 g/mol. The number of aromatic nitrogens is 6. The molecule has 0 amide bonds. The summed E-state index contributed by atoms with van der Waals surface area (Å²) in [5.41, 5.74) is 2.64. The second-order valence-electron chi connectivity index (χ2n) is 4.08. The van der Waals surface area contributed by atoms with Gasteiger partial charge in [0.2, 0.25) is 5.82 Å². The summed E-state index contributed by atoms with van der Waals surface area (Å²) in [5.74, 6) is 0.252. The van der Waals surface area contributed by atoms with Crippen molar-refractivity contribution in [1.29, 1.82) is 0 Å². The number of hydrogen-bond donors (Lipinski definition) is 1. The second-order valence-corrected chi connectivity index (χ2v) is 4.08. The quantitative estimate of drug-likeness (QED) is 0.670. The van der Waals surface area contributed by atoms with Gasteiger partial charge in [0.25, 0.3) is 5.56 Å². The van der Waals surface area contributed by atoms with Crippen LogP contribution in [0.5, 0.6) is 0 Å². The van der Waals surface area contributed by atoms with Gasteiger partial charge in [0, 0.05) is 11.9 Å². The zero-order chi connectivity index (χ0) is 12.7. The Hall–Kier alpha value is -2.57. The monoisotopic (exact) mass is 242 g/mol. The number of H-pyrrole nitrogens is 1. The average Bonchev–Trinajstić information content (AvgIpc) is 2.81. The molecule has 0 saturated heterocycles. The molecule has 0 aromatic carbocycles. The van der Waals surface area contributed by atoms with Crippen molar-refractivity contribution in [1.82, 2.24) is 30.0 Å². The number of aromatic amines is 1. The summed E-state index contributed by atoms with van der Waals surface area (Å²) in [6.07, 6.45) is 1.47. The van der Waals surface area contributed by atoms with Gasteiger partial charge in [-0.05, 0) is 36.8 Å².